The number of nitrogens with one attached hydrogen (secondary N) is 1. The molecule has 0 radical (unpaired) electrons. The zero-order chi connectivity index (χ0) is 7.40. The SMILES string of the molecule is C/C=C/c1cnc[nH]c1=O. The molecule has 0 atom stereocenters. The highest BCUT2D eigenvalue weighted by Crippen LogP contribution is 1.88. The van der Waals surface area contributed by atoms with E-state index >= 15 is 0 Å². The monoisotopic (exact) mass is 136 g/mol. The highest BCUT2D eigenvalue weighted by atomic mass is 16.1. The van der Waals surface area contributed by atoms with Gasteiger partial charge in [0.05, 0.1) is 11.9 Å². The van der Waals surface area contributed by atoms with Crippen LogP contribution in [0, 0.1) is 0 Å². The van der Waals surface area contributed by atoms with E-state index in [9.17, 15) is 4.79 Å². The Bertz CT molecular complexity index is 288. The predicted molar refractivity (Wildman–Crippen MR) is 39.6 cm³/mol. The molecule has 0 amide bonds. The van der Waals surface area contributed by atoms with Crippen molar-refractivity contribution in [1.82, 2.24) is 9.97 Å². The Hall–Kier alpha value is -1.38. The minimum atomic E-state index is -0.104. The molecule has 1 rings (SSSR count). The van der Waals surface area contributed by atoms with Crippen molar-refractivity contribution < 1.29 is 0 Å². The third-order valence-electron chi connectivity index (χ3n) is 1.09. The summed E-state index contributed by atoms with van der Waals surface area (Å²) < 4.78 is 0. The normalized spacial score (nSPS) is 10.5. The lowest BCUT2D eigenvalue weighted by molar-refractivity contribution is 1.11. The third kappa shape index (κ3) is 1.31. The fourth-order valence-corrected chi connectivity index (χ4v) is 0.654. The molecule has 0 spiro atoms. The van der Waals surface area contributed by atoms with Gasteiger partial charge in [-0.15, -0.1) is 0 Å². The number of hydrogen-bond donors (Lipinski definition) is 1. The van der Waals surface area contributed by atoms with E-state index < -0.39 is 0 Å². The van der Waals surface area contributed by atoms with E-state index in [1.807, 2.05) is 6.92 Å². The van der Waals surface area contributed by atoms with E-state index in [0.717, 1.165) is 0 Å². The summed E-state index contributed by atoms with van der Waals surface area (Å²) in [5.41, 5.74) is 0.484. The van der Waals surface area contributed by atoms with E-state index in [2.05, 4.69) is 9.97 Å². The van der Waals surface area contributed by atoms with E-state index in [1.54, 1.807) is 12.2 Å². The molecule has 0 aliphatic carbocycles. The van der Waals surface area contributed by atoms with Crippen molar-refractivity contribution in [2.24, 2.45) is 0 Å². The second-order valence-corrected chi connectivity index (χ2v) is 1.84. The minimum Gasteiger partial charge on any atom is -0.313 e. The first-order valence-corrected chi connectivity index (χ1v) is 3.00. The van der Waals surface area contributed by atoms with Gasteiger partial charge in [0.15, 0.2) is 0 Å². The fourth-order valence-electron chi connectivity index (χ4n) is 0.654. The van der Waals surface area contributed by atoms with Gasteiger partial charge in [0.2, 0.25) is 0 Å². The highest BCUT2D eigenvalue weighted by Gasteiger charge is 1.89. The van der Waals surface area contributed by atoms with Gasteiger partial charge in [-0.25, -0.2) is 4.98 Å². The first kappa shape index (κ1) is 6.74. The lowest BCUT2D eigenvalue weighted by Gasteiger charge is -1.86. The second kappa shape index (κ2) is 2.96. The van der Waals surface area contributed by atoms with Crippen LogP contribution in [0.15, 0.2) is 23.4 Å². The second-order valence-electron chi connectivity index (χ2n) is 1.84. The van der Waals surface area contributed by atoms with Crippen LogP contribution in [-0.2, 0) is 0 Å². The van der Waals surface area contributed by atoms with Crippen LogP contribution in [0.1, 0.15) is 12.5 Å². The van der Waals surface area contributed by atoms with Crippen molar-refractivity contribution in [3.05, 3.63) is 34.5 Å². The largest absolute Gasteiger partial charge is 0.313 e. The molecule has 1 aromatic heterocycles. The Morgan fingerprint density at radius 3 is 3.10 bits per heavy atom. The minimum absolute atomic E-state index is 0.104. The van der Waals surface area contributed by atoms with Crippen LogP contribution in [0.3, 0.4) is 0 Å². The molecule has 0 unspecified atom stereocenters. The van der Waals surface area contributed by atoms with Crippen molar-refractivity contribution in [2.45, 2.75) is 6.92 Å². The molecule has 0 saturated heterocycles. The molecule has 3 nitrogen and oxygen atoms in total. The van der Waals surface area contributed by atoms with Crippen molar-refractivity contribution >= 4 is 6.08 Å². The third-order valence-corrected chi connectivity index (χ3v) is 1.09. The van der Waals surface area contributed by atoms with Gasteiger partial charge in [-0.2, -0.15) is 0 Å². The van der Waals surface area contributed by atoms with Gasteiger partial charge in [-0.1, -0.05) is 12.2 Å². The van der Waals surface area contributed by atoms with Gasteiger partial charge >= 0.3 is 0 Å². The molecule has 0 saturated carbocycles. The zero-order valence-electron chi connectivity index (χ0n) is 5.66. The quantitative estimate of drug-likeness (QED) is 0.620. The first-order valence-electron chi connectivity index (χ1n) is 3.00. The van der Waals surface area contributed by atoms with E-state index in [0.29, 0.717) is 5.56 Å². The lowest BCUT2D eigenvalue weighted by atomic mass is 10.3. The number of nitrogens with zero attached hydrogens (tertiary/aromatic N) is 1. The van der Waals surface area contributed by atoms with Gasteiger partial charge < -0.3 is 4.98 Å². The Kier molecular flexibility index (Phi) is 1.99. The Morgan fingerprint density at radius 2 is 2.50 bits per heavy atom. The van der Waals surface area contributed by atoms with Gasteiger partial charge in [0.25, 0.3) is 5.56 Å². The molecule has 0 fully saturated rings. The summed E-state index contributed by atoms with van der Waals surface area (Å²) in [5.74, 6) is 0. The molecule has 0 aliphatic heterocycles. The number of aromatic amines is 1. The van der Waals surface area contributed by atoms with Gasteiger partial charge in [-0.05, 0) is 6.92 Å². The number of hydrogen-bond acceptors (Lipinski definition) is 2. The molecule has 0 bridgehead atoms. The van der Waals surface area contributed by atoms with Crippen molar-refractivity contribution in [3.63, 3.8) is 0 Å². The summed E-state index contributed by atoms with van der Waals surface area (Å²) in [5, 5.41) is 0. The van der Waals surface area contributed by atoms with Crippen molar-refractivity contribution in [2.75, 3.05) is 0 Å². The topological polar surface area (TPSA) is 45.8 Å². The molecule has 10 heavy (non-hydrogen) atoms. The molecular weight excluding hydrogens is 128 g/mol. The maximum atomic E-state index is 10.9. The Morgan fingerprint density at radius 1 is 1.70 bits per heavy atom. The summed E-state index contributed by atoms with van der Waals surface area (Å²) in [4.78, 5) is 17.1. The summed E-state index contributed by atoms with van der Waals surface area (Å²) in [6, 6.07) is 0. The van der Waals surface area contributed by atoms with Crippen LogP contribution in [0.5, 0.6) is 0 Å². The predicted octanol–water partition coefficient (Wildman–Crippen LogP) is 0.803. The summed E-state index contributed by atoms with van der Waals surface area (Å²) >= 11 is 0. The Labute approximate surface area is 58.4 Å². The first-order chi connectivity index (χ1) is 4.84. The van der Waals surface area contributed by atoms with E-state index in [4.69, 9.17) is 0 Å². The van der Waals surface area contributed by atoms with Crippen molar-refractivity contribution in [3.8, 4) is 0 Å². The molecule has 52 valence electrons. The van der Waals surface area contributed by atoms with Gasteiger partial charge in [-0.3, -0.25) is 4.79 Å². The van der Waals surface area contributed by atoms with Gasteiger partial charge in [0, 0.05) is 6.20 Å². The fraction of sp³-hybridized carbons (Fsp3) is 0.143. The maximum Gasteiger partial charge on any atom is 0.257 e. The number of allylic oxidation sites excluding steroid dienone is 1. The molecule has 1 aromatic rings. The molecule has 3 heteroatoms. The van der Waals surface area contributed by atoms with Crippen LogP contribution in [0.2, 0.25) is 0 Å². The van der Waals surface area contributed by atoms with E-state index in [-0.39, 0.29) is 5.56 Å². The summed E-state index contributed by atoms with van der Waals surface area (Å²) in [6.07, 6.45) is 6.41. The number of rotatable bonds is 1. The standard InChI is InChI=1S/C7H8N2O/c1-2-3-6-4-8-5-9-7(6)10/h2-5H,1H3,(H,8,9,10)/b3-2+. The zero-order valence-corrected chi connectivity index (χ0v) is 5.66. The van der Waals surface area contributed by atoms with Crippen LogP contribution in [-0.4, -0.2) is 9.97 Å². The Balaban J connectivity index is 3.16. The van der Waals surface area contributed by atoms with Crippen LogP contribution in [0.25, 0.3) is 6.08 Å². The summed E-state index contributed by atoms with van der Waals surface area (Å²) in [7, 11) is 0. The number of H-pyrrole nitrogens is 1. The molecular formula is C7H8N2O. The molecule has 0 aromatic carbocycles. The highest BCUT2D eigenvalue weighted by molar-refractivity contribution is 5.45. The van der Waals surface area contributed by atoms with Crippen molar-refractivity contribution in [1.29, 1.82) is 0 Å². The van der Waals surface area contributed by atoms with E-state index in [1.165, 1.54) is 12.5 Å². The van der Waals surface area contributed by atoms with Gasteiger partial charge in [0.1, 0.15) is 0 Å². The molecule has 0 aliphatic rings. The summed E-state index contributed by atoms with van der Waals surface area (Å²) in [6.45, 7) is 1.85. The molecule has 1 N–H and O–H groups in total. The average molecular weight is 136 g/mol. The number of aromatic nitrogens is 2. The van der Waals surface area contributed by atoms with Crippen LogP contribution in [0.4, 0.5) is 0 Å². The maximum absolute atomic E-state index is 10.9. The smallest absolute Gasteiger partial charge is 0.257 e. The lowest BCUT2D eigenvalue weighted by Crippen LogP contribution is -2.08. The van der Waals surface area contributed by atoms with Crippen LogP contribution >= 0.6 is 0 Å². The molecule has 1 heterocycles. The van der Waals surface area contributed by atoms with Crippen LogP contribution < -0.4 is 5.56 Å². The average Bonchev–Trinajstić information content (AvgIpc) is 1.94.